The summed E-state index contributed by atoms with van der Waals surface area (Å²) in [5.74, 6) is 0.903. The molecule has 19 heavy (non-hydrogen) atoms. The molecule has 1 aliphatic rings. The lowest BCUT2D eigenvalue weighted by Crippen LogP contribution is -2.44. The summed E-state index contributed by atoms with van der Waals surface area (Å²) in [6.45, 7) is 5.84. The molecule has 2 rings (SSSR count). The van der Waals surface area contributed by atoms with Crippen molar-refractivity contribution < 1.29 is 9.90 Å². The highest BCUT2D eigenvalue weighted by Crippen LogP contribution is 2.46. The van der Waals surface area contributed by atoms with Crippen LogP contribution >= 0.6 is 11.8 Å². The second-order valence-corrected chi connectivity index (χ2v) is 6.74. The number of thioether (sulfide) groups is 1. The van der Waals surface area contributed by atoms with Gasteiger partial charge >= 0.3 is 5.97 Å². The zero-order valence-corrected chi connectivity index (χ0v) is 12.4. The van der Waals surface area contributed by atoms with Crippen molar-refractivity contribution >= 4 is 17.7 Å². The van der Waals surface area contributed by atoms with Crippen LogP contribution in [0.1, 0.15) is 52.3 Å². The van der Waals surface area contributed by atoms with Crippen molar-refractivity contribution in [3.8, 4) is 0 Å². The third-order valence-corrected chi connectivity index (χ3v) is 5.65. The summed E-state index contributed by atoms with van der Waals surface area (Å²) >= 11 is 1.81. The summed E-state index contributed by atoms with van der Waals surface area (Å²) in [6, 6.07) is 0. The fraction of sp³-hybridized carbons (Fsp3) is 0.833. The lowest BCUT2D eigenvalue weighted by molar-refractivity contribution is -0.149. The molecule has 1 N–H and O–H groups in total. The molecule has 0 radical (unpaired) electrons. The summed E-state index contributed by atoms with van der Waals surface area (Å²) in [5, 5.41) is 21.5. The minimum atomic E-state index is -1.04. The molecule has 1 unspecified atom stereocenters. The highest BCUT2D eigenvalue weighted by molar-refractivity contribution is 8.00. The van der Waals surface area contributed by atoms with Crippen LogP contribution < -0.4 is 0 Å². The molecule has 0 aliphatic carbocycles. The van der Waals surface area contributed by atoms with Gasteiger partial charge in [0, 0.05) is 0 Å². The third kappa shape index (κ3) is 2.13. The van der Waals surface area contributed by atoms with E-state index in [-0.39, 0.29) is 4.75 Å². The first kappa shape index (κ1) is 14.3. The smallest absolute Gasteiger partial charge is 0.331 e. The van der Waals surface area contributed by atoms with Crippen LogP contribution in [0.4, 0.5) is 0 Å². The average Bonchev–Trinajstić information content (AvgIpc) is 3.01. The number of rotatable bonds is 5. The zero-order chi connectivity index (χ0) is 14.1. The van der Waals surface area contributed by atoms with Gasteiger partial charge in [0.25, 0.3) is 0 Å². The molecule has 1 fully saturated rings. The molecule has 0 aromatic carbocycles. The Kier molecular flexibility index (Phi) is 3.85. The van der Waals surface area contributed by atoms with E-state index in [0.717, 1.165) is 18.6 Å². The number of carbonyl (C=O) groups is 1. The van der Waals surface area contributed by atoms with Crippen LogP contribution in [0.3, 0.4) is 0 Å². The monoisotopic (exact) mass is 284 g/mol. The minimum Gasteiger partial charge on any atom is -0.479 e. The molecular weight excluding hydrogens is 264 g/mol. The lowest BCUT2D eigenvalue weighted by Gasteiger charge is -2.31. The van der Waals surface area contributed by atoms with E-state index in [4.69, 9.17) is 0 Å². The highest BCUT2D eigenvalue weighted by atomic mass is 32.2. The number of carboxylic acid groups (broad SMARTS) is 1. The molecule has 0 spiro atoms. The third-order valence-electron chi connectivity index (χ3n) is 4.13. The van der Waals surface area contributed by atoms with E-state index < -0.39 is 11.5 Å². The fourth-order valence-corrected chi connectivity index (χ4v) is 3.99. The molecule has 0 bridgehead atoms. The number of aliphatic carboxylic acids is 1. The van der Waals surface area contributed by atoms with Crippen LogP contribution in [0.15, 0.2) is 0 Å². The molecule has 1 atom stereocenters. The molecule has 1 aromatic heterocycles. The Morgan fingerprint density at radius 2 is 2.21 bits per heavy atom. The molecule has 7 heteroatoms. The van der Waals surface area contributed by atoms with E-state index >= 15 is 0 Å². The maximum absolute atomic E-state index is 11.7. The van der Waals surface area contributed by atoms with Crippen molar-refractivity contribution in [2.45, 2.75) is 56.7 Å². The minimum absolute atomic E-state index is 0.172. The van der Waals surface area contributed by atoms with Crippen LogP contribution in [0.5, 0.6) is 0 Å². The summed E-state index contributed by atoms with van der Waals surface area (Å²) in [5.41, 5.74) is -1.04. The van der Waals surface area contributed by atoms with Gasteiger partial charge in [-0.3, -0.25) is 0 Å². The molecule has 0 saturated carbocycles. The van der Waals surface area contributed by atoms with Gasteiger partial charge in [0.05, 0.1) is 4.75 Å². The molecular formula is C12H20N4O2S. The van der Waals surface area contributed by atoms with Gasteiger partial charge in [-0.2, -0.15) is 0 Å². The first-order chi connectivity index (χ1) is 9.00. The Hall–Kier alpha value is -1.11. The Balaban J connectivity index is 2.51. The van der Waals surface area contributed by atoms with E-state index in [2.05, 4.69) is 22.4 Å². The van der Waals surface area contributed by atoms with Crippen molar-refractivity contribution in [2.75, 3.05) is 5.75 Å². The van der Waals surface area contributed by atoms with E-state index in [0.29, 0.717) is 18.7 Å². The zero-order valence-electron chi connectivity index (χ0n) is 11.6. The highest BCUT2D eigenvalue weighted by Gasteiger charge is 2.45. The van der Waals surface area contributed by atoms with E-state index in [9.17, 15) is 9.90 Å². The topological polar surface area (TPSA) is 80.9 Å². The van der Waals surface area contributed by atoms with E-state index in [1.807, 2.05) is 25.6 Å². The van der Waals surface area contributed by atoms with Gasteiger partial charge in [0.15, 0.2) is 11.4 Å². The van der Waals surface area contributed by atoms with Crippen molar-refractivity contribution in [3.63, 3.8) is 0 Å². The Labute approximate surface area is 117 Å². The van der Waals surface area contributed by atoms with E-state index in [1.54, 1.807) is 4.68 Å². The molecule has 0 amide bonds. The Morgan fingerprint density at radius 3 is 2.68 bits per heavy atom. The van der Waals surface area contributed by atoms with Gasteiger partial charge in [-0.25, -0.2) is 9.48 Å². The van der Waals surface area contributed by atoms with Crippen molar-refractivity contribution in [1.29, 1.82) is 0 Å². The van der Waals surface area contributed by atoms with Crippen LogP contribution in [0, 0.1) is 0 Å². The molecule has 2 heterocycles. The van der Waals surface area contributed by atoms with Gasteiger partial charge in [0.2, 0.25) is 0 Å². The van der Waals surface area contributed by atoms with Crippen LogP contribution in [0.25, 0.3) is 0 Å². The number of aromatic nitrogens is 4. The number of hydrogen-bond acceptors (Lipinski definition) is 5. The SMILES string of the molecule is CCC(CC)(C(=O)O)n1nnnc1C1(C)CCCS1. The maximum Gasteiger partial charge on any atom is 0.331 e. The standard InChI is InChI=1S/C12H20N4O2S/c1-4-12(5-2,10(17)18)16-9(13-14-15-16)11(3)7-6-8-19-11/h4-8H2,1-3H3,(H,17,18). The second kappa shape index (κ2) is 5.11. The molecule has 1 saturated heterocycles. The van der Waals surface area contributed by atoms with Gasteiger partial charge in [-0.15, -0.1) is 16.9 Å². The predicted molar refractivity (Wildman–Crippen MR) is 73.1 cm³/mol. The van der Waals surface area contributed by atoms with Crippen LogP contribution in [0.2, 0.25) is 0 Å². The molecule has 6 nitrogen and oxygen atoms in total. The predicted octanol–water partition coefficient (Wildman–Crippen LogP) is 2.02. The first-order valence-corrected chi connectivity index (χ1v) is 7.65. The fourth-order valence-electron chi connectivity index (χ4n) is 2.70. The van der Waals surface area contributed by atoms with Gasteiger partial charge in [-0.05, 0) is 48.8 Å². The molecule has 1 aliphatic heterocycles. The van der Waals surface area contributed by atoms with Crippen LogP contribution in [-0.2, 0) is 15.1 Å². The van der Waals surface area contributed by atoms with Crippen LogP contribution in [-0.4, -0.2) is 37.0 Å². The summed E-state index contributed by atoms with van der Waals surface area (Å²) < 4.78 is 1.38. The Morgan fingerprint density at radius 1 is 1.53 bits per heavy atom. The number of nitrogens with zero attached hydrogens (tertiary/aromatic N) is 4. The quantitative estimate of drug-likeness (QED) is 0.891. The maximum atomic E-state index is 11.7. The summed E-state index contributed by atoms with van der Waals surface area (Å²) in [6.07, 6.45) is 3.04. The Bertz CT molecular complexity index is 464. The summed E-state index contributed by atoms with van der Waals surface area (Å²) in [7, 11) is 0. The number of carboxylic acids is 1. The number of tetrazole rings is 1. The second-order valence-electron chi connectivity index (χ2n) is 5.14. The normalized spacial score (nSPS) is 23.7. The summed E-state index contributed by atoms with van der Waals surface area (Å²) in [4.78, 5) is 11.7. The first-order valence-electron chi connectivity index (χ1n) is 6.67. The van der Waals surface area contributed by atoms with E-state index in [1.165, 1.54) is 0 Å². The van der Waals surface area contributed by atoms with Crippen molar-refractivity contribution in [2.24, 2.45) is 0 Å². The number of hydrogen-bond donors (Lipinski definition) is 1. The van der Waals surface area contributed by atoms with Crippen molar-refractivity contribution in [1.82, 2.24) is 20.2 Å². The van der Waals surface area contributed by atoms with Crippen molar-refractivity contribution in [3.05, 3.63) is 5.82 Å². The molecule has 106 valence electrons. The largest absolute Gasteiger partial charge is 0.479 e. The van der Waals surface area contributed by atoms with Gasteiger partial charge < -0.3 is 5.11 Å². The van der Waals surface area contributed by atoms with Gasteiger partial charge in [0.1, 0.15) is 0 Å². The molecule has 1 aromatic rings. The lowest BCUT2D eigenvalue weighted by atomic mass is 9.92. The average molecular weight is 284 g/mol. The van der Waals surface area contributed by atoms with Gasteiger partial charge in [-0.1, -0.05) is 13.8 Å².